The molecule has 0 radical (unpaired) electrons. The lowest BCUT2D eigenvalue weighted by Crippen LogP contribution is -1.86. The van der Waals surface area contributed by atoms with Gasteiger partial charge in [0.25, 0.3) is 0 Å². The second kappa shape index (κ2) is 2.58. The van der Waals surface area contributed by atoms with Crippen LogP contribution in [0.15, 0.2) is 16.7 Å². The smallest absolute Gasteiger partial charge is 0.185 e. The fourth-order valence-electron chi connectivity index (χ4n) is 1.00. The number of halogens is 2. The Morgan fingerprint density at radius 2 is 2.25 bits per heavy atom. The summed E-state index contributed by atoms with van der Waals surface area (Å²) in [5.74, 6) is -0.301. The minimum absolute atomic E-state index is 0.0982. The van der Waals surface area contributed by atoms with E-state index in [-0.39, 0.29) is 11.2 Å². The Labute approximate surface area is 80.8 Å². The van der Waals surface area contributed by atoms with Crippen molar-refractivity contribution in [3.63, 3.8) is 0 Å². The molecule has 0 unspecified atom stereocenters. The third-order valence-corrected chi connectivity index (χ3v) is 2.40. The van der Waals surface area contributed by atoms with Gasteiger partial charge in [0.15, 0.2) is 11.4 Å². The first-order chi connectivity index (χ1) is 5.70. The molecule has 0 fully saturated rings. The van der Waals surface area contributed by atoms with Crippen molar-refractivity contribution in [1.82, 2.24) is 5.16 Å². The van der Waals surface area contributed by atoms with E-state index >= 15 is 0 Å². The van der Waals surface area contributed by atoms with E-state index in [0.717, 1.165) is 3.57 Å². The largest absolute Gasteiger partial charge is 0.380 e. The number of hydrogen-bond donors (Lipinski definition) is 1. The van der Waals surface area contributed by atoms with Crippen LogP contribution in [0.5, 0.6) is 0 Å². The van der Waals surface area contributed by atoms with E-state index < -0.39 is 5.82 Å². The molecule has 12 heavy (non-hydrogen) atoms. The Kier molecular flexibility index (Phi) is 1.67. The first kappa shape index (κ1) is 7.78. The fraction of sp³-hybridized carbons (Fsp3) is 0. The van der Waals surface area contributed by atoms with Crippen LogP contribution in [-0.4, -0.2) is 5.16 Å². The van der Waals surface area contributed by atoms with E-state index in [4.69, 9.17) is 10.3 Å². The molecule has 0 atom stereocenters. The van der Waals surface area contributed by atoms with Crippen LogP contribution in [0.3, 0.4) is 0 Å². The van der Waals surface area contributed by atoms with Crippen molar-refractivity contribution in [3.8, 4) is 0 Å². The summed E-state index contributed by atoms with van der Waals surface area (Å²) in [4.78, 5) is 0. The minimum Gasteiger partial charge on any atom is -0.380 e. The number of nitrogens with zero attached hydrogens (tertiary/aromatic N) is 1. The lowest BCUT2D eigenvalue weighted by Gasteiger charge is -1.92. The van der Waals surface area contributed by atoms with Crippen LogP contribution in [0.1, 0.15) is 0 Å². The molecule has 2 aromatic rings. The molecular weight excluding hydrogens is 274 g/mol. The highest BCUT2D eigenvalue weighted by molar-refractivity contribution is 14.1. The van der Waals surface area contributed by atoms with Crippen molar-refractivity contribution in [2.24, 2.45) is 0 Å². The minimum atomic E-state index is -0.399. The number of hydrogen-bond acceptors (Lipinski definition) is 3. The third-order valence-electron chi connectivity index (χ3n) is 1.55. The topological polar surface area (TPSA) is 52.0 Å². The van der Waals surface area contributed by atoms with Gasteiger partial charge in [0, 0.05) is 0 Å². The zero-order valence-electron chi connectivity index (χ0n) is 5.84. The highest BCUT2D eigenvalue weighted by atomic mass is 127. The van der Waals surface area contributed by atoms with Crippen molar-refractivity contribution in [2.45, 2.75) is 0 Å². The quantitative estimate of drug-likeness (QED) is 0.751. The number of rotatable bonds is 0. The predicted molar refractivity (Wildman–Crippen MR) is 51.1 cm³/mol. The summed E-state index contributed by atoms with van der Waals surface area (Å²) < 4.78 is 18.7. The predicted octanol–water partition coefficient (Wildman–Crippen LogP) is 2.15. The van der Waals surface area contributed by atoms with Crippen LogP contribution in [-0.2, 0) is 0 Å². The summed E-state index contributed by atoms with van der Waals surface area (Å²) in [6, 6.07) is 2.96. The molecule has 0 aliphatic carbocycles. The molecule has 0 aliphatic heterocycles. The van der Waals surface area contributed by atoms with Crippen LogP contribution in [0.2, 0.25) is 0 Å². The van der Waals surface area contributed by atoms with E-state index in [1.807, 2.05) is 22.6 Å². The lowest BCUT2D eigenvalue weighted by atomic mass is 10.2. The van der Waals surface area contributed by atoms with Gasteiger partial charge in [-0.05, 0) is 34.7 Å². The van der Waals surface area contributed by atoms with Gasteiger partial charge in [0.1, 0.15) is 11.2 Å². The summed E-state index contributed by atoms with van der Waals surface area (Å²) in [5.41, 5.74) is 5.81. The van der Waals surface area contributed by atoms with Crippen molar-refractivity contribution in [1.29, 1.82) is 0 Å². The summed E-state index contributed by atoms with van der Waals surface area (Å²) in [5, 5.41) is 3.74. The molecule has 0 saturated heterocycles. The summed E-state index contributed by atoms with van der Waals surface area (Å²) in [6.45, 7) is 0. The van der Waals surface area contributed by atoms with E-state index in [1.54, 1.807) is 6.07 Å². The van der Waals surface area contributed by atoms with Gasteiger partial charge < -0.3 is 10.3 Å². The molecule has 0 bridgehead atoms. The van der Waals surface area contributed by atoms with Crippen LogP contribution in [0, 0.1) is 9.39 Å². The van der Waals surface area contributed by atoms with E-state index in [1.165, 1.54) is 6.07 Å². The maximum Gasteiger partial charge on any atom is 0.185 e. The van der Waals surface area contributed by atoms with Crippen molar-refractivity contribution in [3.05, 3.63) is 21.5 Å². The summed E-state index contributed by atoms with van der Waals surface area (Å²) in [7, 11) is 0. The van der Waals surface area contributed by atoms with E-state index in [9.17, 15) is 4.39 Å². The normalized spacial score (nSPS) is 10.8. The molecule has 0 spiro atoms. The molecule has 62 valence electrons. The Morgan fingerprint density at radius 1 is 1.50 bits per heavy atom. The molecule has 0 aliphatic rings. The van der Waals surface area contributed by atoms with Gasteiger partial charge >= 0.3 is 0 Å². The van der Waals surface area contributed by atoms with Crippen LogP contribution < -0.4 is 5.73 Å². The molecule has 1 aromatic heterocycles. The Morgan fingerprint density at radius 3 is 2.92 bits per heavy atom. The molecule has 5 heteroatoms. The highest BCUT2D eigenvalue weighted by Gasteiger charge is 2.12. The molecule has 1 heterocycles. The zero-order valence-corrected chi connectivity index (χ0v) is 8.00. The molecular formula is C7H4FIN2O. The van der Waals surface area contributed by atoms with Crippen LogP contribution in [0.25, 0.3) is 11.0 Å². The van der Waals surface area contributed by atoms with Crippen molar-refractivity contribution >= 4 is 39.4 Å². The van der Waals surface area contributed by atoms with Crippen molar-refractivity contribution < 1.29 is 8.91 Å². The second-order valence-electron chi connectivity index (χ2n) is 2.30. The van der Waals surface area contributed by atoms with Crippen LogP contribution in [0.4, 0.5) is 10.2 Å². The average Bonchev–Trinajstić information content (AvgIpc) is 2.42. The molecule has 0 saturated carbocycles. The number of nitrogens with two attached hydrogens (primary N) is 1. The van der Waals surface area contributed by atoms with Gasteiger partial charge in [-0.25, -0.2) is 4.39 Å². The first-order valence-corrected chi connectivity index (χ1v) is 4.27. The zero-order chi connectivity index (χ0) is 8.72. The summed E-state index contributed by atoms with van der Waals surface area (Å²) >= 11 is 2.03. The molecule has 2 rings (SSSR count). The highest BCUT2D eigenvalue weighted by Crippen LogP contribution is 2.27. The first-order valence-electron chi connectivity index (χ1n) is 3.19. The fourth-order valence-corrected chi connectivity index (χ4v) is 1.55. The maximum atomic E-state index is 13.1. The monoisotopic (exact) mass is 278 g/mol. The van der Waals surface area contributed by atoms with E-state index in [0.29, 0.717) is 5.58 Å². The Bertz CT molecular complexity index is 440. The van der Waals surface area contributed by atoms with Gasteiger partial charge in [-0.1, -0.05) is 5.16 Å². The van der Waals surface area contributed by atoms with Gasteiger partial charge in [-0.2, -0.15) is 0 Å². The number of benzene rings is 1. The lowest BCUT2D eigenvalue weighted by molar-refractivity contribution is 0.459. The Hall–Kier alpha value is -0.850. The summed E-state index contributed by atoms with van der Waals surface area (Å²) in [6.07, 6.45) is 0. The van der Waals surface area contributed by atoms with Gasteiger partial charge in [-0.3, -0.25) is 0 Å². The maximum absolute atomic E-state index is 13.1. The van der Waals surface area contributed by atoms with Gasteiger partial charge in [0.2, 0.25) is 0 Å². The molecule has 2 N–H and O–H groups in total. The van der Waals surface area contributed by atoms with Gasteiger partial charge in [-0.15, -0.1) is 0 Å². The molecule has 1 aromatic carbocycles. The van der Waals surface area contributed by atoms with Crippen LogP contribution >= 0.6 is 22.6 Å². The number of fused-ring (bicyclic) bond motifs is 1. The number of aromatic nitrogens is 1. The average molecular weight is 278 g/mol. The third kappa shape index (κ3) is 0.961. The standard InChI is InChI=1S/C7H4FIN2O/c8-3-1-2-4(9)6-5(3)7(10)11-12-6/h1-2H,(H2,10,11). The SMILES string of the molecule is Nc1noc2c(I)ccc(F)c12. The second-order valence-corrected chi connectivity index (χ2v) is 3.46. The number of anilines is 1. The molecule has 0 amide bonds. The van der Waals surface area contributed by atoms with E-state index in [2.05, 4.69) is 5.16 Å². The Balaban J connectivity index is 2.98. The van der Waals surface area contributed by atoms with Gasteiger partial charge in [0.05, 0.1) is 3.57 Å². The number of nitrogen functional groups attached to an aromatic ring is 1. The molecule has 3 nitrogen and oxygen atoms in total. The van der Waals surface area contributed by atoms with Crippen molar-refractivity contribution in [2.75, 3.05) is 5.73 Å².